The average molecular weight is 312 g/mol. The fourth-order valence-electron chi connectivity index (χ4n) is 2.78. The molecule has 1 saturated carbocycles. The Morgan fingerprint density at radius 2 is 2.22 bits per heavy atom. The van der Waals surface area contributed by atoms with Gasteiger partial charge in [-0.25, -0.2) is 0 Å². The van der Waals surface area contributed by atoms with Crippen LogP contribution in [-0.2, 0) is 0 Å². The van der Waals surface area contributed by atoms with Crippen molar-refractivity contribution < 1.29 is 4.74 Å². The molecule has 100 valence electrons. The molecule has 2 unspecified atom stereocenters. The molecule has 3 heteroatoms. The van der Waals surface area contributed by atoms with Crippen LogP contribution < -0.4 is 10.1 Å². The van der Waals surface area contributed by atoms with E-state index >= 15 is 0 Å². The lowest BCUT2D eigenvalue weighted by Crippen LogP contribution is -2.27. The molecule has 1 N–H and O–H groups in total. The van der Waals surface area contributed by atoms with Gasteiger partial charge in [-0.2, -0.15) is 0 Å². The number of hydrogen-bond donors (Lipinski definition) is 1. The van der Waals surface area contributed by atoms with Crippen LogP contribution in [-0.4, -0.2) is 13.2 Å². The molecule has 1 fully saturated rings. The van der Waals surface area contributed by atoms with Crippen LogP contribution in [0.1, 0.15) is 39.0 Å². The Bertz CT molecular complexity index is 394. The summed E-state index contributed by atoms with van der Waals surface area (Å²) in [4.78, 5) is 0. The molecule has 2 rings (SSSR count). The molecular weight excluding hydrogens is 290 g/mol. The SMILES string of the molecule is CCC1CCCC(Nc2ccc(Br)c(OC)c2)C1. The van der Waals surface area contributed by atoms with Gasteiger partial charge in [-0.1, -0.05) is 26.2 Å². The van der Waals surface area contributed by atoms with Gasteiger partial charge in [-0.3, -0.25) is 0 Å². The molecule has 0 saturated heterocycles. The first kappa shape index (κ1) is 13.7. The lowest BCUT2D eigenvalue weighted by molar-refractivity contribution is 0.327. The van der Waals surface area contributed by atoms with Crippen LogP contribution in [0, 0.1) is 5.92 Å². The standard InChI is InChI=1S/C15H22BrNO/c1-3-11-5-4-6-12(9-11)17-13-7-8-14(16)15(10-13)18-2/h7-8,10-12,17H,3-6,9H2,1-2H3. The average Bonchev–Trinajstić information content (AvgIpc) is 2.41. The van der Waals surface area contributed by atoms with Gasteiger partial charge in [0.15, 0.2) is 0 Å². The molecule has 0 aromatic heterocycles. The number of halogens is 1. The van der Waals surface area contributed by atoms with Gasteiger partial charge in [0, 0.05) is 17.8 Å². The first-order chi connectivity index (χ1) is 8.72. The van der Waals surface area contributed by atoms with Crippen LogP contribution in [0.4, 0.5) is 5.69 Å². The van der Waals surface area contributed by atoms with Crippen molar-refractivity contribution in [3.05, 3.63) is 22.7 Å². The second-order valence-corrected chi connectivity index (χ2v) is 5.99. The predicted molar refractivity (Wildman–Crippen MR) is 80.4 cm³/mol. The first-order valence-electron chi connectivity index (χ1n) is 6.83. The summed E-state index contributed by atoms with van der Waals surface area (Å²) in [5.41, 5.74) is 1.16. The Hall–Kier alpha value is -0.700. The summed E-state index contributed by atoms with van der Waals surface area (Å²) in [5, 5.41) is 3.65. The van der Waals surface area contributed by atoms with Gasteiger partial charge >= 0.3 is 0 Å². The Morgan fingerprint density at radius 3 is 2.94 bits per heavy atom. The summed E-state index contributed by atoms with van der Waals surface area (Å²) >= 11 is 3.48. The summed E-state index contributed by atoms with van der Waals surface area (Å²) in [5.74, 6) is 1.79. The summed E-state index contributed by atoms with van der Waals surface area (Å²) in [7, 11) is 1.71. The highest BCUT2D eigenvalue weighted by Crippen LogP contribution is 2.31. The maximum absolute atomic E-state index is 5.33. The third-order valence-electron chi connectivity index (χ3n) is 3.88. The van der Waals surface area contributed by atoms with E-state index in [1.54, 1.807) is 7.11 Å². The molecule has 1 aliphatic carbocycles. The van der Waals surface area contributed by atoms with Crippen LogP contribution in [0.3, 0.4) is 0 Å². The summed E-state index contributed by atoms with van der Waals surface area (Å²) in [6.07, 6.45) is 6.65. The van der Waals surface area contributed by atoms with Crippen LogP contribution in [0.5, 0.6) is 5.75 Å². The highest BCUT2D eigenvalue weighted by atomic mass is 79.9. The molecule has 2 nitrogen and oxygen atoms in total. The second-order valence-electron chi connectivity index (χ2n) is 5.13. The molecule has 0 radical (unpaired) electrons. The summed E-state index contributed by atoms with van der Waals surface area (Å²) in [6, 6.07) is 6.85. The van der Waals surface area contributed by atoms with Gasteiger partial charge in [-0.05, 0) is 46.8 Å². The van der Waals surface area contributed by atoms with Gasteiger partial charge in [0.1, 0.15) is 5.75 Å². The van der Waals surface area contributed by atoms with Crippen molar-refractivity contribution in [2.24, 2.45) is 5.92 Å². The first-order valence-corrected chi connectivity index (χ1v) is 7.62. The quantitative estimate of drug-likeness (QED) is 0.859. The van der Waals surface area contributed by atoms with Gasteiger partial charge < -0.3 is 10.1 Å². The van der Waals surface area contributed by atoms with E-state index in [-0.39, 0.29) is 0 Å². The summed E-state index contributed by atoms with van der Waals surface area (Å²) < 4.78 is 6.34. The predicted octanol–water partition coefficient (Wildman–Crippen LogP) is 4.84. The van der Waals surface area contributed by atoms with Crippen molar-refractivity contribution in [3.8, 4) is 5.75 Å². The molecule has 1 aromatic rings. The fraction of sp³-hybridized carbons (Fsp3) is 0.600. The molecule has 0 aliphatic heterocycles. The smallest absolute Gasteiger partial charge is 0.135 e. The van der Waals surface area contributed by atoms with E-state index in [1.165, 1.54) is 32.1 Å². The lowest BCUT2D eigenvalue weighted by Gasteiger charge is -2.30. The Balaban J connectivity index is 2.00. The van der Waals surface area contributed by atoms with E-state index in [9.17, 15) is 0 Å². The van der Waals surface area contributed by atoms with E-state index in [0.29, 0.717) is 6.04 Å². The molecule has 0 spiro atoms. The molecule has 2 atom stereocenters. The van der Waals surface area contributed by atoms with E-state index in [4.69, 9.17) is 4.74 Å². The molecule has 0 bridgehead atoms. The van der Waals surface area contributed by atoms with Crippen molar-refractivity contribution in [1.29, 1.82) is 0 Å². The number of hydrogen-bond acceptors (Lipinski definition) is 2. The highest BCUT2D eigenvalue weighted by Gasteiger charge is 2.20. The van der Waals surface area contributed by atoms with Crippen LogP contribution >= 0.6 is 15.9 Å². The van der Waals surface area contributed by atoms with Gasteiger partial charge in [-0.15, -0.1) is 0 Å². The van der Waals surface area contributed by atoms with E-state index in [1.807, 2.05) is 6.07 Å². The molecular formula is C15H22BrNO. The minimum atomic E-state index is 0.620. The monoisotopic (exact) mass is 311 g/mol. The van der Waals surface area contributed by atoms with Crippen molar-refractivity contribution >= 4 is 21.6 Å². The van der Waals surface area contributed by atoms with Gasteiger partial charge in [0.25, 0.3) is 0 Å². The minimum Gasteiger partial charge on any atom is -0.495 e. The zero-order chi connectivity index (χ0) is 13.0. The van der Waals surface area contributed by atoms with Crippen molar-refractivity contribution in [2.75, 3.05) is 12.4 Å². The van der Waals surface area contributed by atoms with Crippen LogP contribution in [0.15, 0.2) is 22.7 Å². The summed E-state index contributed by atoms with van der Waals surface area (Å²) in [6.45, 7) is 2.30. The number of anilines is 1. The molecule has 0 heterocycles. The lowest BCUT2D eigenvalue weighted by atomic mass is 9.84. The second kappa shape index (κ2) is 6.46. The van der Waals surface area contributed by atoms with E-state index in [0.717, 1.165) is 21.8 Å². The third-order valence-corrected chi connectivity index (χ3v) is 4.54. The van der Waals surface area contributed by atoms with Gasteiger partial charge in [0.05, 0.1) is 11.6 Å². The Kier molecular flexibility index (Phi) is 4.93. The van der Waals surface area contributed by atoms with E-state index < -0.39 is 0 Å². The zero-order valence-electron chi connectivity index (χ0n) is 11.2. The van der Waals surface area contributed by atoms with Crippen molar-refractivity contribution in [2.45, 2.75) is 45.1 Å². The van der Waals surface area contributed by atoms with Crippen molar-refractivity contribution in [3.63, 3.8) is 0 Å². The van der Waals surface area contributed by atoms with Crippen LogP contribution in [0.2, 0.25) is 0 Å². The van der Waals surface area contributed by atoms with Crippen molar-refractivity contribution in [1.82, 2.24) is 0 Å². The Morgan fingerprint density at radius 1 is 1.39 bits per heavy atom. The number of benzene rings is 1. The molecule has 1 aliphatic rings. The maximum Gasteiger partial charge on any atom is 0.135 e. The fourth-order valence-corrected chi connectivity index (χ4v) is 3.19. The molecule has 18 heavy (non-hydrogen) atoms. The number of methoxy groups -OCH3 is 1. The molecule has 1 aromatic carbocycles. The zero-order valence-corrected chi connectivity index (χ0v) is 12.8. The minimum absolute atomic E-state index is 0.620. The highest BCUT2D eigenvalue weighted by molar-refractivity contribution is 9.10. The molecule has 0 amide bonds. The maximum atomic E-state index is 5.33. The number of ether oxygens (including phenoxy) is 1. The largest absolute Gasteiger partial charge is 0.495 e. The van der Waals surface area contributed by atoms with E-state index in [2.05, 4.69) is 40.3 Å². The Labute approximate surface area is 118 Å². The van der Waals surface area contributed by atoms with Gasteiger partial charge in [0.2, 0.25) is 0 Å². The third kappa shape index (κ3) is 3.41. The topological polar surface area (TPSA) is 21.3 Å². The number of nitrogens with one attached hydrogen (secondary N) is 1. The van der Waals surface area contributed by atoms with Crippen LogP contribution in [0.25, 0.3) is 0 Å². The number of rotatable bonds is 4. The normalized spacial score (nSPS) is 23.7.